The molecule has 9 aromatic carbocycles. The van der Waals surface area contributed by atoms with Crippen molar-refractivity contribution in [2.24, 2.45) is 0 Å². The Labute approximate surface area is 314 Å². The van der Waals surface area contributed by atoms with Gasteiger partial charge in [-0.1, -0.05) is 170 Å². The van der Waals surface area contributed by atoms with E-state index in [1.807, 2.05) is 12.1 Å². The second-order valence-corrected chi connectivity index (χ2v) is 13.7. The van der Waals surface area contributed by atoms with Gasteiger partial charge in [0, 0.05) is 33.7 Å². The lowest BCUT2D eigenvalue weighted by atomic mass is 9.90. The molecule has 2 nitrogen and oxygen atoms in total. The standard InChI is InChI=1S/C52H35NO/c1-4-16-36(17-5-1)40-30-33-49(47(34-40)38-20-8-3-9-21-38)53(41-31-32-45-44-25-11-13-29-50(44)54-51(45)35-41)48-28-12-10-24-43(48)46-27-15-23-39-22-14-26-42(52(39)46)37-18-6-2-7-19-37/h1-35H. The van der Waals surface area contributed by atoms with E-state index in [4.69, 9.17) is 4.42 Å². The molecule has 0 radical (unpaired) electrons. The number of hydrogen-bond acceptors (Lipinski definition) is 2. The quantitative estimate of drug-likeness (QED) is 0.166. The molecule has 0 aliphatic carbocycles. The Morgan fingerprint density at radius 3 is 1.65 bits per heavy atom. The van der Waals surface area contributed by atoms with E-state index in [1.54, 1.807) is 0 Å². The van der Waals surface area contributed by atoms with E-state index in [-0.39, 0.29) is 0 Å². The fourth-order valence-corrected chi connectivity index (χ4v) is 7.97. The third kappa shape index (κ3) is 5.53. The molecular formula is C52H35NO. The van der Waals surface area contributed by atoms with E-state index < -0.39 is 0 Å². The summed E-state index contributed by atoms with van der Waals surface area (Å²) in [5.74, 6) is 0. The summed E-state index contributed by atoms with van der Waals surface area (Å²) in [5, 5.41) is 4.66. The van der Waals surface area contributed by atoms with Crippen LogP contribution in [0.15, 0.2) is 217 Å². The zero-order valence-corrected chi connectivity index (χ0v) is 29.6. The van der Waals surface area contributed by atoms with Crippen LogP contribution in [0.5, 0.6) is 0 Å². The van der Waals surface area contributed by atoms with Crippen LogP contribution in [0.1, 0.15) is 0 Å². The number of anilines is 3. The Bertz CT molecular complexity index is 2920. The maximum Gasteiger partial charge on any atom is 0.137 e. The molecule has 0 aliphatic rings. The Kier molecular flexibility index (Phi) is 7.85. The predicted octanol–water partition coefficient (Wildman–Crippen LogP) is 14.9. The molecule has 0 saturated carbocycles. The molecule has 254 valence electrons. The summed E-state index contributed by atoms with van der Waals surface area (Å²) in [6.07, 6.45) is 0. The molecule has 54 heavy (non-hydrogen) atoms. The van der Waals surface area contributed by atoms with Crippen LogP contribution < -0.4 is 4.90 Å². The monoisotopic (exact) mass is 689 g/mol. The van der Waals surface area contributed by atoms with Crippen molar-refractivity contribution >= 4 is 49.8 Å². The number of fused-ring (bicyclic) bond motifs is 4. The van der Waals surface area contributed by atoms with E-state index in [0.717, 1.165) is 55.7 Å². The molecule has 0 atom stereocenters. The molecule has 1 heterocycles. The van der Waals surface area contributed by atoms with E-state index >= 15 is 0 Å². The third-order valence-electron chi connectivity index (χ3n) is 10.5. The van der Waals surface area contributed by atoms with Gasteiger partial charge in [-0.05, 0) is 80.6 Å². The minimum absolute atomic E-state index is 0.856. The number of benzene rings is 9. The molecule has 0 amide bonds. The van der Waals surface area contributed by atoms with E-state index in [2.05, 4.69) is 205 Å². The van der Waals surface area contributed by atoms with Gasteiger partial charge in [-0.15, -0.1) is 0 Å². The number of nitrogens with zero attached hydrogens (tertiary/aromatic N) is 1. The molecule has 1 aromatic heterocycles. The van der Waals surface area contributed by atoms with Crippen LogP contribution in [0.4, 0.5) is 17.1 Å². The molecule has 2 heteroatoms. The van der Waals surface area contributed by atoms with Crippen molar-refractivity contribution in [3.63, 3.8) is 0 Å². The number of para-hydroxylation sites is 2. The lowest BCUT2D eigenvalue weighted by molar-refractivity contribution is 0.669. The summed E-state index contributed by atoms with van der Waals surface area (Å²) < 4.78 is 6.52. The zero-order valence-electron chi connectivity index (χ0n) is 29.6. The summed E-state index contributed by atoms with van der Waals surface area (Å²) in [4.78, 5) is 2.42. The summed E-state index contributed by atoms with van der Waals surface area (Å²) >= 11 is 0. The highest BCUT2D eigenvalue weighted by atomic mass is 16.3. The molecule has 0 fully saturated rings. The van der Waals surface area contributed by atoms with Crippen molar-refractivity contribution in [2.75, 3.05) is 4.90 Å². The van der Waals surface area contributed by atoms with Gasteiger partial charge in [0.1, 0.15) is 11.2 Å². The van der Waals surface area contributed by atoms with E-state index in [1.165, 1.54) is 38.6 Å². The molecule has 0 unspecified atom stereocenters. The topological polar surface area (TPSA) is 16.4 Å². The highest BCUT2D eigenvalue weighted by molar-refractivity contribution is 6.10. The predicted molar refractivity (Wildman–Crippen MR) is 228 cm³/mol. The first-order valence-corrected chi connectivity index (χ1v) is 18.4. The average Bonchev–Trinajstić information content (AvgIpc) is 3.63. The second kappa shape index (κ2) is 13.4. The normalized spacial score (nSPS) is 11.3. The van der Waals surface area contributed by atoms with E-state index in [9.17, 15) is 0 Å². The lowest BCUT2D eigenvalue weighted by Crippen LogP contribution is -2.12. The Hall–Kier alpha value is -7.16. The van der Waals surface area contributed by atoms with Gasteiger partial charge in [0.2, 0.25) is 0 Å². The van der Waals surface area contributed by atoms with Crippen molar-refractivity contribution in [1.29, 1.82) is 0 Å². The van der Waals surface area contributed by atoms with Crippen LogP contribution >= 0.6 is 0 Å². The van der Waals surface area contributed by atoms with Crippen molar-refractivity contribution in [1.82, 2.24) is 0 Å². The SMILES string of the molecule is c1ccc(-c2ccc(N(c3ccc4c(c3)oc3ccccc34)c3ccccc3-c3cccc4cccc(-c5ccccc5)c34)c(-c3ccccc3)c2)cc1. The van der Waals surface area contributed by atoms with E-state index in [0.29, 0.717) is 0 Å². The van der Waals surface area contributed by atoms with Gasteiger partial charge in [-0.3, -0.25) is 0 Å². The second-order valence-electron chi connectivity index (χ2n) is 13.7. The van der Waals surface area contributed by atoms with Crippen LogP contribution in [-0.2, 0) is 0 Å². The van der Waals surface area contributed by atoms with Crippen molar-refractivity contribution in [3.8, 4) is 44.5 Å². The molecule has 10 rings (SSSR count). The van der Waals surface area contributed by atoms with Crippen molar-refractivity contribution < 1.29 is 4.42 Å². The largest absolute Gasteiger partial charge is 0.456 e. The molecule has 0 aliphatic heterocycles. The van der Waals surface area contributed by atoms with Crippen LogP contribution in [0.2, 0.25) is 0 Å². The summed E-state index contributed by atoms with van der Waals surface area (Å²) in [5.41, 5.74) is 14.3. The minimum Gasteiger partial charge on any atom is -0.456 e. The maximum absolute atomic E-state index is 6.52. The van der Waals surface area contributed by atoms with Crippen LogP contribution in [0.3, 0.4) is 0 Å². The maximum atomic E-state index is 6.52. The molecule has 10 aromatic rings. The molecule has 0 spiro atoms. The Balaban J connectivity index is 1.27. The van der Waals surface area contributed by atoms with Crippen molar-refractivity contribution in [2.45, 2.75) is 0 Å². The number of rotatable bonds is 7. The Morgan fingerprint density at radius 2 is 0.889 bits per heavy atom. The van der Waals surface area contributed by atoms with Crippen LogP contribution in [-0.4, -0.2) is 0 Å². The van der Waals surface area contributed by atoms with Crippen LogP contribution in [0, 0.1) is 0 Å². The first-order valence-electron chi connectivity index (χ1n) is 18.4. The number of hydrogen-bond donors (Lipinski definition) is 0. The zero-order chi connectivity index (χ0) is 35.8. The lowest BCUT2D eigenvalue weighted by Gasteiger charge is -2.30. The molecule has 0 bridgehead atoms. The highest BCUT2D eigenvalue weighted by Gasteiger charge is 2.23. The fraction of sp³-hybridized carbons (Fsp3) is 0. The Morgan fingerprint density at radius 1 is 0.315 bits per heavy atom. The van der Waals surface area contributed by atoms with Gasteiger partial charge < -0.3 is 9.32 Å². The molecule has 0 N–H and O–H groups in total. The summed E-state index contributed by atoms with van der Waals surface area (Å²) in [6.45, 7) is 0. The summed E-state index contributed by atoms with van der Waals surface area (Å²) in [6, 6.07) is 76.0. The fourth-order valence-electron chi connectivity index (χ4n) is 7.97. The average molecular weight is 690 g/mol. The highest BCUT2D eigenvalue weighted by Crippen LogP contribution is 2.48. The van der Waals surface area contributed by atoms with Gasteiger partial charge in [-0.25, -0.2) is 0 Å². The minimum atomic E-state index is 0.856. The smallest absolute Gasteiger partial charge is 0.137 e. The van der Waals surface area contributed by atoms with Crippen LogP contribution in [0.25, 0.3) is 77.2 Å². The van der Waals surface area contributed by atoms with Crippen molar-refractivity contribution in [3.05, 3.63) is 212 Å². The van der Waals surface area contributed by atoms with Gasteiger partial charge in [0.05, 0.1) is 11.4 Å². The summed E-state index contributed by atoms with van der Waals surface area (Å²) in [7, 11) is 0. The first-order chi connectivity index (χ1) is 26.8. The van der Waals surface area contributed by atoms with Gasteiger partial charge in [0.15, 0.2) is 0 Å². The number of furan rings is 1. The molecular weight excluding hydrogens is 655 g/mol. The van der Waals surface area contributed by atoms with Gasteiger partial charge in [-0.2, -0.15) is 0 Å². The van der Waals surface area contributed by atoms with Gasteiger partial charge in [0.25, 0.3) is 0 Å². The first kappa shape index (κ1) is 31.6. The molecule has 0 saturated heterocycles. The van der Waals surface area contributed by atoms with Gasteiger partial charge >= 0.3 is 0 Å². The third-order valence-corrected chi connectivity index (χ3v) is 10.5.